The molecule has 0 heterocycles. The number of carbonyl (C=O) groups is 1. The highest BCUT2D eigenvalue weighted by Crippen LogP contribution is 2.18. The maximum atomic E-state index is 10.8. The van der Waals surface area contributed by atoms with Crippen molar-refractivity contribution in [2.45, 2.75) is 39.3 Å². The number of aliphatic hydroxyl groups is 1. The second-order valence-electron chi connectivity index (χ2n) is 4.58. The molecule has 0 bridgehead atoms. The van der Waals surface area contributed by atoms with Crippen molar-refractivity contribution in [3.63, 3.8) is 0 Å². The fourth-order valence-electron chi connectivity index (χ4n) is 1.97. The second-order valence-corrected chi connectivity index (χ2v) is 4.58. The van der Waals surface area contributed by atoms with Crippen molar-refractivity contribution in [3.05, 3.63) is 34.9 Å². The summed E-state index contributed by atoms with van der Waals surface area (Å²) in [6.07, 6.45) is -0.187. The summed E-state index contributed by atoms with van der Waals surface area (Å²) in [5, 5.41) is 21.8. The van der Waals surface area contributed by atoms with Crippen LogP contribution in [0.3, 0.4) is 0 Å². The lowest BCUT2D eigenvalue weighted by Gasteiger charge is -2.18. The predicted molar refractivity (Wildman–Crippen MR) is 70.6 cm³/mol. The normalized spacial score (nSPS) is 14.2. The van der Waals surface area contributed by atoms with Gasteiger partial charge in [0.05, 0.1) is 6.10 Å². The van der Waals surface area contributed by atoms with Crippen LogP contribution in [0, 0.1) is 13.8 Å². The lowest BCUT2D eigenvalue weighted by Crippen LogP contribution is -2.38. The van der Waals surface area contributed by atoms with E-state index >= 15 is 0 Å². The van der Waals surface area contributed by atoms with Crippen LogP contribution < -0.4 is 5.32 Å². The lowest BCUT2D eigenvalue weighted by molar-refractivity contribution is -0.139. The highest BCUT2D eigenvalue weighted by atomic mass is 16.4. The number of carboxylic acid groups (broad SMARTS) is 1. The van der Waals surface area contributed by atoms with E-state index in [1.54, 1.807) is 6.92 Å². The number of hydrogen-bond donors (Lipinski definition) is 3. The van der Waals surface area contributed by atoms with Crippen LogP contribution in [-0.2, 0) is 4.79 Å². The van der Waals surface area contributed by atoms with Crippen LogP contribution in [0.1, 0.15) is 36.1 Å². The van der Waals surface area contributed by atoms with Gasteiger partial charge in [0.1, 0.15) is 6.04 Å². The van der Waals surface area contributed by atoms with Gasteiger partial charge in [0, 0.05) is 6.54 Å². The van der Waals surface area contributed by atoms with Crippen LogP contribution >= 0.6 is 0 Å². The third-order valence-electron chi connectivity index (χ3n) is 3.05. The summed E-state index contributed by atoms with van der Waals surface area (Å²) < 4.78 is 0. The molecule has 2 atom stereocenters. The van der Waals surface area contributed by atoms with Gasteiger partial charge in [0.15, 0.2) is 0 Å². The zero-order valence-corrected chi connectivity index (χ0v) is 11.1. The standard InChI is InChI=1S/C14H21NO3/c1-4-12(14(17)18)15-8-13(16)11-6-5-9(2)7-10(11)3/h5-7,12-13,15-16H,4,8H2,1-3H3,(H,17,18). The molecule has 0 aliphatic carbocycles. The Hall–Kier alpha value is -1.39. The van der Waals surface area contributed by atoms with Crippen molar-refractivity contribution in [3.8, 4) is 0 Å². The summed E-state index contributed by atoms with van der Waals surface area (Å²) in [6, 6.07) is 5.23. The van der Waals surface area contributed by atoms with E-state index in [0.29, 0.717) is 6.42 Å². The van der Waals surface area contributed by atoms with E-state index in [4.69, 9.17) is 5.11 Å². The first-order valence-corrected chi connectivity index (χ1v) is 6.17. The SMILES string of the molecule is CCC(NCC(O)c1ccc(C)cc1C)C(=O)O. The summed E-state index contributed by atoms with van der Waals surface area (Å²) in [4.78, 5) is 10.8. The van der Waals surface area contributed by atoms with E-state index in [1.165, 1.54) is 0 Å². The molecule has 0 radical (unpaired) electrons. The Morgan fingerprint density at radius 1 is 1.39 bits per heavy atom. The van der Waals surface area contributed by atoms with E-state index in [1.807, 2.05) is 32.0 Å². The van der Waals surface area contributed by atoms with Gasteiger partial charge in [-0.15, -0.1) is 0 Å². The molecule has 0 fully saturated rings. The monoisotopic (exact) mass is 251 g/mol. The second kappa shape index (κ2) is 6.52. The minimum atomic E-state index is -0.884. The third kappa shape index (κ3) is 3.82. The summed E-state index contributed by atoms with van der Waals surface area (Å²) >= 11 is 0. The number of carboxylic acids is 1. The zero-order valence-electron chi connectivity index (χ0n) is 11.1. The molecule has 1 rings (SSSR count). The summed E-state index contributed by atoms with van der Waals surface area (Å²) in [7, 11) is 0. The molecule has 18 heavy (non-hydrogen) atoms. The van der Waals surface area contributed by atoms with Crippen LogP contribution in [0.25, 0.3) is 0 Å². The fraction of sp³-hybridized carbons (Fsp3) is 0.500. The Balaban J connectivity index is 2.65. The van der Waals surface area contributed by atoms with Crippen molar-refractivity contribution < 1.29 is 15.0 Å². The van der Waals surface area contributed by atoms with Crippen LogP contribution in [0.5, 0.6) is 0 Å². The molecule has 3 N–H and O–H groups in total. The predicted octanol–water partition coefficient (Wildman–Crippen LogP) is 1.79. The number of benzene rings is 1. The summed E-state index contributed by atoms with van der Waals surface area (Å²) in [5.74, 6) is -0.884. The van der Waals surface area contributed by atoms with Crippen LogP contribution in [0.2, 0.25) is 0 Å². The fourth-order valence-corrected chi connectivity index (χ4v) is 1.97. The Morgan fingerprint density at radius 3 is 2.56 bits per heavy atom. The molecule has 0 spiro atoms. The Morgan fingerprint density at radius 2 is 2.06 bits per heavy atom. The molecule has 0 amide bonds. The van der Waals surface area contributed by atoms with Crippen molar-refractivity contribution in [2.24, 2.45) is 0 Å². The highest BCUT2D eigenvalue weighted by Gasteiger charge is 2.17. The number of rotatable bonds is 6. The van der Waals surface area contributed by atoms with Crippen molar-refractivity contribution in [1.29, 1.82) is 0 Å². The highest BCUT2D eigenvalue weighted by molar-refractivity contribution is 5.73. The zero-order chi connectivity index (χ0) is 13.7. The molecule has 0 saturated carbocycles. The number of nitrogens with one attached hydrogen (secondary N) is 1. The quantitative estimate of drug-likeness (QED) is 0.721. The molecule has 4 heteroatoms. The van der Waals surface area contributed by atoms with Gasteiger partial charge < -0.3 is 15.5 Å². The first-order valence-electron chi connectivity index (χ1n) is 6.17. The Labute approximate surface area is 108 Å². The van der Waals surface area contributed by atoms with Crippen LogP contribution in [0.4, 0.5) is 0 Å². The van der Waals surface area contributed by atoms with Crippen molar-refractivity contribution in [2.75, 3.05) is 6.54 Å². The van der Waals surface area contributed by atoms with Gasteiger partial charge in [-0.05, 0) is 31.4 Å². The van der Waals surface area contributed by atoms with E-state index in [0.717, 1.165) is 16.7 Å². The minimum absolute atomic E-state index is 0.245. The topological polar surface area (TPSA) is 69.6 Å². The van der Waals surface area contributed by atoms with Gasteiger partial charge >= 0.3 is 5.97 Å². The maximum absolute atomic E-state index is 10.8. The molecule has 100 valence electrons. The molecule has 0 aliphatic rings. The summed E-state index contributed by atoms with van der Waals surface area (Å²) in [6.45, 7) is 5.99. The number of hydrogen-bond acceptors (Lipinski definition) is 3. The molecule has 0 saturated heterocycles. The van der Waals surface area contributed by atoms with Gasteiger partial charge in [-0.1, -0.05) is 30.7 Å². The smallest absolute Gasteiger partial charge is 0.320 e. The average Bonchev–Trinajstić information content (AvgIpc) is 2.28. The first-order chi connectivity index (χ1) is 8.45. The maximum Gasteiger partial charge on any atom is 0.320 e. The lowest BCUT2D eigenvalue weighted by atomic mass is 10.0. The van der Waals surface area contributed by atoms with Crippen molar-refractivity contribution in [1.82, 2.24) is 5.32 Å². The molecule has 1 aromatic carbocycles. The van der Waals surface area contributed by atoms with Gasteiger partial charge in [-0.3, -0.25) is 4.79 Å². The number of aliphatic hydroxyl groups excluding tert-OH is 1. The number of aliphatic carboxylic acids is 1. The molecular formula is C14H21NO3. The average molecular weight is 251 g/mol. The van der Waals surface area contributed by atoms with E-state index in [9.17, 15) is 9.90 Å². The van der Waals surface area contributed by atoms with Gasteiger partial charge in [-0.2, -0.15) is 0 Å². The van der Waals surface area contributed by atoms with E-state index < -0.39 is 18.1 Å². The molecule has 0 aromatic heterocycles. The first kappa shape index (κ1) is 14.7. The molecule has 2 unspecified atom stereocenters. The van der Waals surface area contributed by atoms with Crippen LogP contribution in [-0.4, -0.2) is 28.8 Å². The minimum Gasteiger partial charge on any atom is -0.480 e. The Kier molecular flexibility index (Phi) is 5.31. The van der Waals surface area contributed by atoms with Crippen LogP contribution in [0.15, 0.2) is 18.2 Å². The third-order valence-corrected chi connectivity index (χ3v) is 3.05. The van der Waals surface area contributed by atoms with Gasteiger partial charge in [-0.25, -0.2) is 0 Å². The largest absolute Gasteiger partial charge is 0.480 e. The molecule has 1 aromatic rings. The molecule has 0 aliphatic heterocycles. The number of aryl methyl sites for hydroxylation is 2. The molecular weight excluding hydrogens is 230 g/mol. The van der Waals surface area contributed by atoms with Gasteiger partial charge in [0.2, 0.25) is 0 Å². The van der Waals surface area contributed by atoms with Gasteiger partial charge in [0.25, 0.3) is 0 Å². The van der Waals surface area contributed by atoms with E-state index in [-0.39, 0.29) is 6.54 Å². The Bertz CT molecular complexity index is 418. The summed E-state index contributed by atoms with van der Waals surface area (Å²) in [5.41, 5.74) is 3.01. The van der Waals surface area contributed by atoms with Crippen molar-refractivity contribution >= 4 is 5.97 Å². The van der Waals surface area contributed by atoms with E-state index in [2.05, 4.69) is 5.32 Å². The molecule has 4 nitrogen and oxygen atoms in total.